The third-order valence-corrected chi connectivity index (χ3v) is 5.42. The van der Waals surface area contributed by atoms with Gasteiger partial charge in [0.05, 0.1) is 11.9 Å². The molecule has 0 spiro atoms. The van der Waals surface area contributed by atoms with E-state index < -0.39 is 0 Å². The lowest BCUT2D eigenvalue weighted by molar-refractivity contribution is 0.778. The monoisotopic (exact) mass is 327 g/mol. The predicted molar refractivity (Wildman–Crippen MR) is 90.5 cm³/mol. The quantitative estimate of drug-likeness (QED) is 0.683. The second-order valence-electron chi connectivity index (χ2n) is 4.52. The number of aromatic nitrogens is 3. The van der Waals surface area contributed by atoms with Gasteiger partial charge in [0.2, 0.25) is 0 Å². The van der Waals surface area contributed by atoms with Crippen LogP contribution in [0.3, 0.4) is 0 Å². The largest absolute Gasteiger partial charge is 0.275 e. The van der Waals surface area contributed by atoms with E-state index in [1.807, 2.05) is 55.5 Å². The number of benzene rings is 1. The molecular formula is C16H13N3OS2. The molecule has 1 aromatic carbocycles. The SMILES string of the molecule is Cc1c(SSc2ccccn2)cnn(-c2ccccc2)c1=O. The molecular weight excluding hydrogens is 314 g/mol. The molecule has 0 bridgehead atoms. The van der Waals surface area contributed by atoms with Crippen LogP contribution in [-0.2, 0) is 0 Å². The van der Waals surface area contributed by atoms with Gasteiger partial charge in [-0.15, -0.1) is 0 Å². The third kappa shape index (κ3) is 3.23. The normalized spacial score (nSPS) is 10.6. The molecule has 0 N–H and O–H groups in total. The predicted octanol–water partition coefficient (Wildman–Crippen LogP) is 3.74. The molecule has 0 aliphatic heterocycles. The molecule has 3 rings (SSSR count). The Morgan fingerprint density at radius 1 is 1.00 bits per heavy atom. The Balaban J connectivity index is 1.86. The maximum Gasteiger partial charge on any atom is 0.275 e. The summed E-state index contributed by atoms with van der Waals surface area (Å²) >= 11 is 0. The topological polar surface area (TPSA) is 47.8 Å². The molecule has 0 amide bonds. The van der Waals surface area contributed by atoms with E-state index in [9.17, 15) is 4.79 Å². The summed E-state index contributed by atoms with van der Waals surface area (Å²) in [6.07, 6.45) is 3.48. The number of nitrogens with zero attached hydrogens (tertiary/aromatic N) is 3. The van der Waals surface area contributed by atoms with Gasteiger partial charge in [-0.1, -0.05) is 24.3 Å². The zero-order chi connectivity index (χ0) is 15.4. The molecule has 0 saturated carbocycles. The second kappa shape index (κ2) is 6.81. The van der Waals surface area contributed by atoms with Crippen molar-refractivity contribution in [1.29, 1.82) is 0 Å². The van der Waals surface area contributed by atoms with E-state index in [4.69, 9.17) is 0 Å². The maximum absolute atomic E-state index is 12.5. The average Bonchev–Trinajstić information content (AvgIpc) is 2.58. The lowest BCUT2D eigenvalue weighted by Crippen LogP contribution is -2.23. The van der Waals surface area contributed by atoms with Crippen LogP contribution in [0.4, 0.5) is 0 Å². The van der Waals surface area contributed by atoms with Crippen LogP contribution in [0.5, 0.6) is 0 Å². The highest BCUT2D eigenvalue weighted by Gasteiger charge is 2.10. The van der Waals surface area contributed by atoms with E-state index in [-0.39, 0.29) is 5.56 Å². The van der Waals surface area contributed by atoms with Gasteiger partial charge in [0.25, 0.3) is 5.56 Å². The Labute approximate surface area is 136 Å². The molecule has 110 valence electrons. The number of hydrogen-bond donors (Lipinski definition) is 0. The minimum absolute atomic E-state index is 0.0992. The Kier molecular flexibility index (Phi) is 4.60. The van der Waals surface area contributed by atoms with Crippen LogP contribution in [0, 0.1) is 6.92 Å². The van der Waals surface area contributed by atoms with Crippen molar-refractivity contribution in [2.45, 2.75) is 16.8 Å². The molecule has 0 aliphatic carbocycles. The fraction of sp³-hybridized carbons (Fsp3) is 0.0625. The summed E-state index contributed by atoms with van der Waals surface area (Å²) in [6, 6.07) is 15.2. The van der Waals surface area contributed by atoms with Crippen molar-refractivity contribution >= 4 is 21.6 Å². The van der Waals surface area contributed by atoms with Crippen molar-refractivity contribution in [1.82, 2.24) is 14.8 Å². The highest BCUT2D eigenvalue weighted by molar-refractivity contribution is 8.76. The molecule has 0 unspecified atom stereocenters. The smallest absolute Gasteiger partial charge is 0.267 e. The molecule has 6 heteroatoms. The maximum atomic E-state index is 12.5. The summed E-state index contributed by atoms with van der Waals surface area (Å²) in [5.41, 5.74) is 1.36. The summed E-state index contributed by atoms with van der Waals surface area (Å²) in [6.45, 7) is 1.82. The van der Waals surface area contributed by atoms with Crippen molar-refractivity contribution in [2.24, 2.45) is 0 Å². The van der Waals surface area contributed by atoms with Crippen LogP contribution in [0.15, 0.2) is 75.6 Å². The fourth-order valence-electron chi connectivity index (χ4n) is 1.84. The highest BCUT2D eigenvalue weighted by atomic mass is 33.1. The lowest BCUT2D eigenvalue weighted by Gasteiger charge is -2.08. The van der Waals surface area contributed by atoms with Crippen molar-refractivity contribution in [3.63, 3.8) is 0 Å². The first-order chi connectivity index (χ1) is 10.8. The van der Waals surface area contributed by atoms with E-state index in [0.717, 1.165) is 15.6 Å². The zero-order valence-electron chi connectivity index (χ0n) is 11.8. The molecule has 4 nitrogen and oxygen atoms in total. The molecule has 0 atom stereocenters. The van der Waals surface area contributed by atoms with Crippen LogP contribution in [0.1, 0.15) is 5.56 Å². The first-order valence-electron chi connectivity index (χ1n) is 6.65. The zero-order valence-corrected chi connectivity index (χ0v) is 13.5. The standard InChI is InChI=1S/C16H13N3OS2/c1-12-14(21-22-15-9-5-6-10-17-15)11-18-19(16(12)20)13-7-3-2-4-8-13/h2-11H,1H3. The minimum Gasteiger partial charge on any atom is -0.267 e. The van der Waals surface area contributed by atoms with Crippen LogP contribution in [-0.4, -0.2) is 14.8 Å². The van der Waals surface area contributed by atoms with Gasteiger partial charge in [0.1, 0.15) is 5.03 Å². The molecule has 0 radical (unpaired) electrons. The Bertz CT molecular complexity index is 820. The van der Waals surface area contributed by atoms with Gasteiger partial charge in [-0.2, -0.15) is 9.78 Å². The van der Waals surface area contributed by atoms with Crippen molar-refractivity contribution in [2.75, 3.05) is 0 Å². The van der Waals surface area contributed by atoms with E-state index in [2.05, 4.69) is 10.1 Å². The summed E-state index contributed by atoms with van der Waals surface area (Å²) in [4.78, 5) is 17.6. The van der Waals surface area contributed by atoms with Gasteiger partial charge in [-0.05, 0) is 52.8 Å². The van der Waals surface area contributed by atoms with Gasteiger partial charge in [0, 0.05) is 16.7 Å². The number of rotatable bonds is 4. The molecule has 2 aromatic heterocycles. The van der Waals surface area contributed by atoms with Crippen molar-refractivity contribution in [3.8, 4) is 5.69 Å². The van der Waals surface area contributed by atoms with Crippen LogP contribution in [0.2, 0.25) is 0 Å². The first kappa shape index (κ1) is 14.9. The van der Waals surface area contributed by atoms with Crippen LogP contribution in [0.25, 0.3) is 5.69 Å². The van der Waals surface area contributed by atoms with Crippen LogP contribution >= 0.6 is 21.6 Å². The first-order valence-corrected chi connectivity index (χ1v) is 8.80. The number of para-hydroxylation sites is 1. The minimum atomic E-state index is -0.0992. The summed E-state index contributed by atoms with van der Waals surface area (Å²) < 4.78 is 1.42. The third-order valence-electron chi connectivity index (χ3n) is 3.03. The van der Waals surface area contributed by atoms with Crippen molar-refractivity contribution < 1.29 is 0 Å². The summed E-state index contributed by atoms with van der Waals surface area (Å²) in [5, 5.41) is 5.17. The number of hydrogen-bond acceptors (Lipinski definition) is 5. The van der Waals surface area contributed by atoms with Crippen LogP contribution < -0.4 is 5.56 Å². The summed E-state index contributed by atoms with van der Waals surface area (Å²) in [7, 11) is 3.01. The van der Waals surface area contributed by atoms with Gasteiger partial charge in [-0.25, -0.2) is 4.98 Å². The fourth-order valence-corrected chi connectivity index (χ4v) is 3.89. The van der Waals surface area contributed by atoms with Gasteiger partial charge >= 0.3 is 0 Å². The summed E-state index contributed by atoms with van der Waals surface area (Å²) in [5.74, 6) is 0. The number of pyridine rings is 1. The van der Waals surface area contributed by atoms with Gasteiger partial charge in [-0.3, -0.25) is 4.79 Å². The molecule has 0 saturated heterocycles. The van der Waals surface area contributed by atoms with Gasteiger partial charge in [0.15, 0.2) is 0 Å². The van der Waals surface area contributed by atoms with Crippen molar-refractivity contribution in [3.05, 3.63) is 76.8 Å². The van der Waals surface area contributed by atoms with E-state index in [0.29, 0.717) is 5.56 Å². The van der Waals surface area contributed by atoms with E-state index in [1.54, 1.807) is 12.4 Å². The van der Waals surface area contributed by atoms with E-state index in [1.165, 1.54) is 26.3 Å². The lowest BCUT2D eigenvalue weighted by atomic mass is 10.3. The van der Waals surface area contributed by atoms with E-state index >= 15 is 0 Å². The highest BCUT2D eigenvalue weighted by Crippen LogP contribution is 2.36. The Hall–Kier alpha value is -2.05. The van der Waals surface area contributed by atoms with Gasteiger partial charge < -0.3 is 0 Å². The molecule has 22 heavy (non-hydrogen) atoms. The average molecular weight is 327 g/mol. The Morgan fingerprint density at radius 2 is 1.77 bits per heavy atom. The molecule has 3 aromatic rings. The molecule has 0 aliphatic rings. The molecule has 0 fully saturated rings. The second-order valence-corrected chi connectivity index (χ2v) is 6.71. The molecule has 2 heterocycles. The Morgan fingerprint density at radius 3 is 2.50 bits per heavy atom.